The summed E-state index contributed by atoms with van der Waals surface area (Å²) in [6.07, 6.45) is 5.66. The topological polar surface area (TPSA) is 88.3 Å². The minimum Gasteiger partial charge on any atom is -0.478 e. The maximum absolute atomic E-state index is 11.2. The van der Waals surface area contributed by atoms with Gasteiger partial charge in [0.15, 0.2) is 5.82 Å². The molecule has 144 valence electrons. The number of aromatic carboxylic acids is 1. The molecule has 0 spiro atoms. The summed E-state index contributed by atoms with van der Waals surface area (Å²) in [4.78, 5) is 20.5. The van der Waals surface area contributed by atoms with Crippen LogP contribution in [0.2, 0.25) is 0 Å². The minimum atomic E-state index is -0.939. The van der Waals surface area contributed by atoms with Crippen molar-refractivity contribution >= 4 is 28.2 Å². The molecular formula is C23H19N3O3. The molecule has 0 aliphatic carbocycles. The molecule has 0 saturated carbocycles. The number of hydrogen-bond acceptors (Lipinski definition) is 5. The summed E-state index contributed by atoms with van der Waals surface area (Å²) in [6, 6.07) is 12.6. The molecule has 0 unspecified atom stereocenters. The first-order valence-electron chi connectivity index (χ1n) is 9.10. The predicted molar refractivity (Wildman–Crippen MR) is 113 cm³/mol. The monoisotopic (exact) mass is 385 g/mol. The number of aromatic nitrogens is 2. The fourth-order valence-corrected chi connectivity index (χ4v) is 3.20. The van der Waals surface area contributed by atoms with Crippen LogP contribution in [-0.4, -0.2) is 21.0 Å². The highest BCUT2D eigenvalue weighted by Gasteiger charge is 2.13. The quantitative estimate of drug-likeness (QED) is 0.434. The van der Waals surface area contributed by atoms with Gasteiger partial charge in [0.2, 0.25) is 0 Å². The van der Waals surface area contributed by atoms with E-state index >= 15 is 0 Å². The Bertz CT molecular complexity index is 1210. The zero-order valence-electron chi connectivity index (χ0n) is 15.8. The standard InChI is InChI=1S/C23H19N3O3/c1-3-4-20-14(2)24-21(18-9-10-29-13-18)26-22(20)25-19-8-7-15-11-17(23(27)28)6-5-16(15)12-19/h3,5-13H,1,4H2,2H3,(H,27,28)(H,24,25,26). The molecule has 0 radical (unpaired) electrons. The molecule has 0 saturated heterocycles. The molecule has 29 heavy (non-hydrogen) atoms. The second-order valence-electron chi connectivity index (χ2n) is 6.67. The van der Waals surface area contributed by atoms with Crippen LogP contribution in [0.15, 0.2) is 72.1 Å². The molecule has 2 heterocycles. The molecule has 6 nitrogen and oxygen atoms in total. The van der Waals surface area contributed by atoms with Crippen LogP contribution in [0.5, 0.6) is 0 Å². The molecule has 4 aromatic rings. The first-order valence-corrected chi connectivity index (χ1v) is 9.10. The van der Waals surface area contributed by atoms with Crippen LogP contribution in [-0.2, 0) is 6.42 Å². The van der Waals surface area contributed by atoms with Crippen LogP contribution in [0.1, 0.15) is 21.6 Å². The third-order valence-electron chi connectivity index (χ3n) is 4.69. The summed E-state index contributed by atoms with van der Waals surface area (Å²) in [6.45, 7) is 5.78. The van der Waals surface area contributed by atoms with Crippen molar-refractivity contribution in [2.24, 2.45) is 0 Å². The third kappa shape index (κ3) is 3.73. The molecule has 4 rings (SSSR count). The van der Waals surface area contributed by atoms with Gasteiger partial charge in [0.1, 0.15) is 12.1 Å². The maximum Gasteiger partial charge on any atom is 0.335 e. The largest absolute Gasteiger partial charge is 0.478 e. The van der Waals surface area contributed by atoms with Gasteiger partial charge in [-0.2, -0.15) is 0 Å². The fourth-order valence-electron chi connectivity index (χ4n) is 3.20. The first-order chi connectivity index (χ1) is 14.0. The van der Waals surface area contributed by atoms with Crippen LogP contribution in [0.3, 0.4) is 0 Å². The molecule has 0 atom stereocenters. The summed E-state index contributed by atoms with van der Waals surface area (Å²) in [5, 5.41) is 14.3. The second-order valence-corrected chi connectivity index (χ2v) is 6.67. The van der Waals surface area contributed by atoms with Crippen LogP contribution < -0.4 is 5.32 Å². The van der Waals surface area contributed by atoms with Gasteiger partial charge in [-0.25, -0.2) is 14.8 Å². The normalized spacial score (nSPS) is 10.8. The van der Waals surface area contributed by atoms with Gasteiger partial charge in [-0.15, -0.1) is 6.58 Å². The number of allylic oxidation sites excluding steroid dienone is 1. The van der Waals surface area contributed by atoms with Crippen molar-refractivity contribution in [3.63, 3.8) is 0 Å². The van der Waals surface area contributed by atoms with Crippen molar-refractivity contribution in [3.8, 4) is 11.4 Å². The maximum atomic E-state index is 11.2. The molecule has 0 bridgehead atoms. The molecule has 2 aromatic heterocycles. The number of hydrogen-bond donors (Lipinski definition) is 2. The molecular weight excluding hydrogens is 366 g/mol. The van der Waals surface area contributed by atoms with Crippen LogP contribution >= 0.6 is 0 Å². The number of nitrogens with zero attached hydrogens (tertiary/aromatic N) is 2. The average Bonchev–Trinajstić information content (AvgIpc) is 3.25. The molecule has 0 fully saturated rings. The number of carboxylic acid groups (broad SMARTS) is 1. The van der Waals surface area contributed by atoms with E-state index in [1.165, 1.54) is 0 Å². The molecule has 0 aliphatic rings. The van der Waals surface area contributed by atoms with Gasteiger partial charge in [-0.1, -0.05) is 18.2 Å². The Morgan fingerprint density at radius 2 is 1.97 bits per heavy atom. The van der Waals surface area contributed by atoms with Crippen LogP contribution in [0.4, 0.5) is 11.5 Å². The fraction of sp³-hybridized carbons (Fsp3) is 0.0870. The van der Waals surface area contributed by atoms with E-state index in [1.54, 1.807) is 30.7 Å². The first kappa shape index (κ1) is 18.4. The summed E-state index contributed by atoms with van der Waals surface area (Å²) >= 11 is 0. The Morgan fingerprint density at radius 3 is 2.69 bits per heavy atom. The highest BCUT2D eigenvalue weighted by molar-refractivity contribution is 5.95. The van der Waals surface area contributed by atoms with Crippen LogP contribution in [0.25, 0.3) is 22.2 Å². The van der Waals surface area contributed by atoms with Crippen molar-refractivity contribution < 1.29 is 14.3 Å². The Labute approximate surface area is 167 Å². The molecule has 0 amide bonds. The number of carboxylic acids is 1. The summed E-state index contributed by atoms with van der Waals surface area (Å²) in [5.41, 5.74) is 3.75. The van der Waals surface area contributed by atoms with Crippen molar-refractivity contribution in [2.75, 3.05) is 5.32 Å². The van der Waals surface area contributed by atoms with E-state index in [1.807, 2.05) is 37.3 Å². The van der Waals surface area contributed by atoms with Crippen molar-refractivity contribution in [3.05, 3.63) is 84.5 Å². The lowest BCUT2D eigenvalue weighted by molar-refractivity contribution is 0.0697. The lowest BCUT2D eigenvalue weighted by Gasteiger charge is -2.14. The van der Waals surface area contributed by atoms with E-state index in [0.717, 1.165) is 33.3 Å². The van der Waals surface area contributed by atoms with Gasteiger partial charge in [-0.3, -0.25) is 0 Å². The smallest absolute Gasteiger partial charge is 0.335 e. The summed E-state index contributed by atoms with van der Waals surface area (Å²) in [7, 11) is 0. The number of nitrogens with one attached hydrogen (secondary N) is 1. The number of furan rings is 1. The minimum absolute atomic E-state index is 0.266. The number of fused-ring (bicyclic) bond motifs is 1. The van der Waals surface area contributed by atoms with Gasteiger partial charge in [0.05, 0.1) is 17.4 Å². The number of benzene rings is 2. The van der Waals surface area contributed by atoms with Gasteiger partial charge in [0, 0.05) is 16.9 Å². The van der Waals surface area contributed by atoms with Gasteiger partial charge in [-0.05, 0) is 54.4 Å². The summed E-state index contributed by atoms with van der Waals surface area (Å²) < 4.78 is 5.16. The average molecular weight is 385 g/mol. The van der Waals surface area contributed by atoms with E-state index in [0.29, 0.717) is 18.1 Å². The zero-order valence-corrected chi connectivity index (χ0v) is 15.8. The molecule has 0 aliphatic heterocycles. The number of anilines is 2. The second kappa shape index (κ2) is 7.59. The summed E-state index contributed by atoms with van der Waals surface area (Å²) in [5.74, 6) is 0.347. The molecule has 2 N–H and O–H groups in total. The van der Waals surface area contributed by atoms with E-state index < -0.39 is 5.97 Å². The zero-order chi connectivity index (χ0) is 20.4. The van der Waals surface area contributed by atoms with E-state index in [-0.39, 0.29) is 5.56 Å². The van der Waals surface area contributed by atoms with Crippen molar-refractivity contribution in [2.45, 2.75) is 13.3 Å². The lowest BCUT2D eigenvalue weighted by atomic mass is 10.1. The third-order valence-corrected chi connectivity index (χ3v) is 4.69. The predicted octanol–water partition coefficient (Wildman–Crippen LogP) is 5.37. The van der Waals surface area contributed by atoms with E-state index in [9.17, 15) is 4.79 Å². The Kier molecular flexibility index (Phi) is 4.83. The van der Waals surface area contributed by atoms with E-state index in [2.05, 4.69) is 16.9 Å². The number of carbonyl (C=O) groups is 1. The SMILES string of the molecule is C=CCc1c(C)nc(-c2ccoc2)nc1Nc1ccc2cc(C(=O)O)ccc2c1. The highest BCUT2D eigenvalue weighted by atomic mass is 16.4. The van der Waals surface area contributed by atoms with Gasteiger partial charge in [0.25, 0.3) is 0 Å². The van der Waals surface area contributed by atoms with Crippen LogP contribution in [0, 0.1) is 6.92 Å². The highest BCUT2D eigenvalue weighted by Crippen LogP contribution is 2.28. The molecule has 6 heteroatoms. The Balaban J connectivity index is 1.75. The van der Waals surface area contributed by atoms with Crippen molar-refractivity contribution in [1.82, 2.24) is 9.97 Å². The number of aryl methyl sites for hydroxylation is 1. The van der Waals surface area contributed by atoms with E-state index in [4.69, 9.17) is 14.5 Å². The Hall–Kier alpha value is -3.93. The Morgan fingerprint density at radius 1 is 1.17 bits per heavy atom. The van der Waals surface area contributed by atoms with Gasteiger partial charge < -0.3 is 14.8 Å². The van der Waals surface area contributed by atoms with Gasteiger partial charge >= 0.3 is 5.97 Å². The molecule has 2 aromatic carbocycles. The van der Waals surface area contributed by atoms with Crippen molar-refractivity contribution in [1.29, 1.82) is 0 Å². The number of rotatable bonds is 6. The lowest BCUT2D eigenvalue weighted by Crippen LogP contribution is -2.05.